The molecule has 0 aromatic heterocycles. The van der Waals surface area contributed by atoms with Gasteiger partial charge in [-0.05, 0) is 64.6 Å². The summed E-state index contributed by atoms with van der Waals surface area (Å²) in [6.07, 6.45) is 1.60. The summed E-state index contributed by atoms with van der Waals surface area (Å²) in [6, 6.07) is 9.66. The van der Waals surface area contributed by atoms with E-state index in [4.69, 9.17) is 9.47 Å². The third kappa shape index (κ3) is 9.19. The molecule has 1 atom stereocenters. The molecule has 0 radical (unpaired) electrons. The molecule has 4 nitrogen and oxygen atoms in total. The average molecular weight is 530 g/mol. The molecular weight excluding hydrogens is 510 g/mol. The van der Waals surface area contributed by atoms with E-state index in [1.54, 1.807) is 0 Å². The number of carbonyl (C=O) groups is 1. The van der Waals surface area contributed by atoms with Crippen molar-refractivity contribution in [3.63, 3.8) is 0 Å². The fraction of sp³-hybridized carbons (Fsp3) is 0.438. The van der Waals surface area contributed by atoms with Gasteiger partial charge < -0.3 is 14.6 Å². The van der Waals surface area contributed by atoms with E-state index in [1.165, 1.54) is 13.8 Å². The number of ether oxygens (including phenoxy) is 2. The van der Waals surface area contributed by atoms with Crippen molar-refractivity contribution in [2.45, 2.75) is 38.8 Å². The zero-order valence-electron chi connectivity index (χ0n) is 12.6. The van der Waals surface area contributed by atoms with Gasteiger partial charge in [-0.2, -0.15) is 0 Å². The molecule has 1 N–H and O–H groups in total. The molecule has 0 spiro atoms. The Morgan fingerprint density at radius 1 is 1.32 bits per heavy atom. The molecule has 0 saturated carbocycles. The van der Waals surface area contributed by atoms with Gasteiger partial charge in [0.2, 0.25) is 0 Å². The molecule has 6 heteroatoms. The number of carbonyl (C=O) groups excluding carboxylic acids is 1. The van der Waals surface area contributed by atoms with Gasteiger partial charge in [0.15, 0.2) is 11.6 Å². The molecule has 22 heavy (non-hydrogen) atoms. The van der Waals surface area contributed by atoms with Crippen LogP contribution < -0.4 is 0 Å². The lowest BCUT2D eigenvalue weighted by molar-refractivity contribution is -0.207. The topological polar surface area (TPSA) is 55.8 Å². The summed E-state index contributed by atoms with van der Waals surface area (Å²) in [5, 5.41) is 9.77. The Labute approximate surface area is 158 Å². The number of benzene rings is 1. The SMILES string of the molecule is CC(C)(O)OC(CC=C(I)I)C(=O)COCc1ccccc1. The number of hydrogen-bond donors (Lipinski definition) is 1. The first-order valence-corrected chi connectivity index (χ1v) is 8.99. The Balaban J connectivity index is 2.53. The number of Topliss-reactive ketones (excluding diaryl/α,β-unsaturated/α-hetero) is 1. The lowest BCUT2D eigenvalue weighted by atomic mass is 10.1. The highest BCUT2D eigenvalue weighted by Gasteiger charge is 2.25. The summed E-state index contributed by atoms with van der Waals surface area (Å²) in [4.78, 5) is 12.2. The molecular formula is C16H20I2O4. The fourth-order valence-corrected chi connectivity index (χ4v) is 2.23. The number of aliphatic hydroxyl groups is 1. The van der Waals surface area contributed by atoms with Gasteiger partial charge in [0.25, 0.3) is 0 Å². The zero-order valence-corrected chi connectivity index (χ0v) is 16.9. The molecule has 0 aliphatic rings. The van der Waals surface area contributed by atoms with Crippen molar-refractivity contribution >= 4 is 51.0 Å². The second kappa shape index (κ2) is 9.96. The minimum Gasteiger partial charge on any atom is -0.369 e. The van der Waals surface area contributed by atoms with E-state index in [0.717, 1.165) is 7.15 Å². The minimum atomic E-state index is -1.36. The van der Waals surface area contributed by atoms with Gasteiger partial charge in [-0.25, -0.2) is 0 Å². The third-order valence-corrected chi connectivity index (χ3v) is 3.51. The number of hydrogen-bond acceptors (Lipinski definition) is 4. The summed E-state index contributed by atoms with van der Waals surface area (Å²) in [5.41, 5.74) is 1.01. The van der Waals surface area contributed by atoms with Crippen molar-refractivity contribution in [2.75, 3.05) is 6.61 Å². The quantitative estimate of drug-likeness (QED) is 0.388. The number of ketones is 1. The number of halogens is 2. The molecule has 122 valence electrons. The Morgan fingerprint density at radius 2 is 1.95 bits per heavy atom. The molecule has 1 aromatic rings. The van der Waals surface area contributed by atoms with Crippen LogP contribution in [-0.2, 0) is 20.9 Å². The molecule has 1 aromatic carbocycles. The van der Waals surface area contributed by atoms with E-state index >= 15 is 0 Å². The Morgan fingerprint density at radius 3 is 2.50 bits per heavy atom. The van der Waals surface area contributed by atoms with Crippen LogP contribution in [0.2, 0.25) is 0 Å². The molecule has 0 amide bonds. The first-order chi connectivity index (χ1) is 10.3. The Bertz CT molecular complexity index is 491. The van der Waals surface area contributed by atoms with E-state index in [0.29, 0.717) is 13.0 Å². The second-order valence-electron chi connectivity index (χ2n) is 5.23. The fourth-order valence-electron chi connectivity index (χ4n) is 1.73. The van der Waals surface area contributed by atoms with Gasteiger partial charge in [-0.3, -0.25) is 4.79 Å². The molecule has 0 fully saturated rings. The summed E-state index contributed by atoms with van der Waals surface area (Å²) in [7, 11) is 0. The van der Waals surface area contributed by atoms with Crippen LogP contribution in [0.4, 0.5) is 0 Å². The molecule has 0 heterocycles. The highest BCUT2D eigenvalue weighted by atomic mass is 127. The van der Waals surface area contributed by atoms with Crippen molar-refractivity contribution in [1.29, 1.82) is 0 Å². The van der Waals surface area contributed by atoms with Crippen molar-refractivity contribution in [3.05, 3.63) is 43.6 Å². The number of rotatable bonds is 9. The maximum atomic E-state index is 12.2. The van der Waals surface area contributed by atoms with E-state index in [1.807, 2.05) is 36.4 Å². The van der Waals surface area contributed by atoms with Crippen LogP contribution in [0.5, 0.6) is 0 Å². The maximum Gasteiger partial charge on any atom is 0.187 e. The first-order valence-electron chi connectivity index (χ1n) is 6.83. The van der Waals surface area contributed by atoms with Crippen LogP contribution in [0.3, 0.4) is 0 Å². The Kier molecular flexibility index (Phi) is 9.07. The second-order valence-corrected chi connectivity index (χ2v) is 9.62. The van der Waals surface area contributed by atoms with E-state index in [-0.39, 0.29) is 12.4 Å². The lowest BCUT2D eigenvalue weighted by Crippen LogP contribution is -2.36. The van der Waals surface area contributed by atoms with Gasteiger partial charge in [0.05, 0.1) is 6.61 Å². The van der Waals surface area contributed by atoms with Crippen LogP contribution in [0, 0.1) is 0 Å². The maximum absolute atomic E-state index is 12.2. The van der Waals surface area contributed by atoms with E-state index in [2.05, 4.69) is 45.2 Å². The van der Waals surface area contributed by atoms with Crippen molar-refractivity contribution in [3.8, 4) is 0 Å². The van der Waals surface area contributed by atoms with Gasteiger partial charge in [-0.1, -0.05) is 36.4 Å². The largest absolute Gasteiger partial charge is 0.369 e. The van der Waals surface area contributed by atoms with E-state index < -0.39 is 11.9 Å². The van der Waals surface area contributed by atoms with Crippen LogP contribution in [-0.4, -0.2) is 29.4 Å². The zero-order chi connectivity index (χ0) is 16.6. The first kappa shape index (κ1) is 20.0. The smallest absolute Gasteiger partial charge is 0.187 e. The molecule has 1 rings (SSSR count). The van der Waals surface area contributed by atoms with Crippen LogP contribution in [0.1, 0.15) is 25.8 Å². The minimum absolute atomic E-state index is 0.0404. The Hall–Kier alpha value is -0.0300. The van der Waals surface area contributed by atoms with Gasteiger partial charge in [-0.15, -0.1) is 0 Å². The van der Waals surface area contributed by atoms with E-state index in [9.17, 15) is 9.90 Å². The lowest BCUT2D eigenvalue weighted by Gasteiger charge is -2.24. The third-order valence-electron chi connectivity index (χ3n) is 2.63. The van der Waals surface area contributed by atoms with Crippen LogP contribution in [0.25, 0.3) is 0 Å². The summed E-state index contributed by atoms with van der Waals surface area (Å²) in [6.45, 7) is 3.36. The average Bonchev–Trinajstić information content (AvgIpc) is 2.43. The van der Waals surface area contributed by atoms with Gasteiger partial charge in [0.1, 0.15) is 12.7 Å². The highest BCUT2D eigenvalue weighted by molar-refractivity contribution is 14.2. The monoisotopic (exact) mass is 530 g/mol. The molecule has 0 bridgehead atoms. The molecule has 0 aliphatic heterocycles. The normalized spacial score (nSPS) is 12.8. The standard InChI is InChI=1S/C16H20I2O4/c1-16(2,20)22-14(8-9-15(17)18)13(19)11-21-10-12-6-4-3-5-7-12/h3-7,9,14,20H,8,10-11H2,1-2H3. The molecule has 0 aliphatic carbocycles. The van der Waals surface area contributed by atoms with Crippen molar-refractivity contribution in [1.82, 2.24) is 0 Å². The van der Waals surface area contributed by atoms with Crippen molar-refractivity contribution < 1.29 is 19.4 Å². The van der Waals surface area contributed by atoms with Crippen LogP contribution >= 0.6 is 45.2 Å². The van der Waals surface area contributed by atoms with Crippen LogP contribution in [0.15, 0.2) is 38.0 Å². The summed E-state index contributed by atoms with van der Waals surface area (Å²) in [5.74, 6) is -1.53. The predicted octanol–water partition coefficient (Wildman–Crippen LogP) is 3.99. The van der Waals surface area contributed by atoms with Gasteiger partial charge >= 0.3 is 0 Å². The summed E-state index contributed by atoms with van der Waals surface area (Å²) < 4.78 is 11.9. The predicted molar refractivity (Wildman–Crippen MR) is 103 cm³/mol. The summed E-state index contributed by atoms with van der Waals surface area (Å²) >= 11 is 4.32. The molecule has 1 unspecified atom stereocenters. The van der Waals surface area contributed by atoms with Crippen molar-refractivity contribution in [2.24, 2.45) is 0 Å². The van der Waals surface area contributed by atoms with Gasteiger partial charge in [0, 0.05) is 8.01 Å². The molecule has 0 saturated heterocycles. The highest BCUT2D eigenvalue weighted by Crippen LogP contribution is 2.19.